The van der Waals surface area contributed by atoms with Crippen molar-refractivity contribution < 1.29 is 13.5 Å². The summed E-state index contributed by atoms with van der Waals surface area (Å²) in [5.74, 6) is -1.32. The summed E-state index contributed by atoms with van der Waals surface area (Å²) in [6.45, 7) is 0.168. The SMILES string of the molecule is COCc1nc(Cl)cc(Nc2cccc(F)c2F)n1. The Kier molecular flexibility index (Phi) is 4.24. The van der Waals surface area contributed by atoms with Crippen molar-refractivity contribution in [1.82, 2.24) is 9.97 Å². The molecule has 0 saturated heterocycles. The second-order valence-electron chi connectivity index (χ2n) is 3.65. The van der Waals surface area contributed by atoms with Gasteiger partial charge < -0.3 is 10.1 Å². The third-order valence-corrected chi connectivity index (χ3v) is 2.42. The van der Waals surface area contributed by atoms with Crippen LogP contribution in [0.15, 0.2) is 24.3 Å². The monoisotopic (exact) mass is 285 g/mol. The minimum Gasteiger partial charge on any atom is -0.377 e. The summed E-state index contributed by atoms with van der Waals surface area (Å²) in [6, 6.07) is 5.22. The number of anilines is 2. The molecule has 7 heteroatoms. The van der Waals surface area contributed by atoms with Crippen LogP contribution in [0, 0.1) is 11.6 Å². The van der Waals surface area contributed by atoms with Gasteiger partial charge in [-0.2, -0.15) is 0 Å². The number of methoxy groups -OCH3 is 1. The third kappa shape index (κ3) is 3.36. The number of nitrogens with zero attached hydrogens (tertiary/aromatic N) is 2. The van der Waals surface area contributed by atoms with Crippen LogP contribution in [0.3, 0.4) is 0 Å². The molecule has 1 heterocycles. The molecule has 1 aromatic heterocycles. The fourth-order valence-electron chi connectivity index (χ4n) is 1.46. The van der Waals surface area contributed by atoms with Crippen LogP contribution in [0.5, 0.6) is 0 Å². The van der Waals surface area contributed by atoms with Gasteiger partial charge >= 0.3 is 0 Å². The molecule has 0 unspecified atom stereocenters. The van der Waals surface area contributed by atoms with Crippen molar-refractivity contribution in [2.45, 2.75) is 6.61 Å². The molecule has 0 bridgehead atoms. The highest BCUT2D eigenvalue weighted by Gasteiger charge is 2.09. The zero-order valence-corrected chi connectivity index (χ0v) is 10.7. The molecule has 0 fully saturated rings. The molecule has 100 valence electrons. The fourth-order valence-corrected chi connectivity index (χ4v) is 1.66. The molecule has 0 aliphatic carbocycles. The first-order valence-corrected chi connectivity index (χ1v) is 5.71. The lowest BCUT2D eigenvalue weighted by atomic mass is 10.3. The van der Waals surface area contributed by atoms with E-state index in [0.29, 0.717) is 5.82 Å². The van der Waals surface area contributed by atoms with Crippen molar-refractivity contribution in [3.05, 3.63) is 46.9 Å². The van der Waals surface area contributed by atoms with Crippen LogP contribution < -0.4 is 5.32 Å². The van der Waals surface area contributed by atoms with Crippen LogP contribution in [-0.2, 0) is 11.3 Å². The Morgan fingerprint density at radius 1 is 1.32 bits per heavy atom. The Morgan fingerprint density at radius 2 is 2.11 bits per heavy atom. The highest BCUT2D eigenvalue weighted by atomic mass is 35.5. The number of aromatic nitrogens is 2. The van der Waals surface area contributed by atoms with Gasteiger partial charge in [0.1, 0.15) is 17.6 Å². The normalized spacial score (nSPS) is 10.5. The van der Waals surface area contributed by atoms with Gasteiger partial charge in [0.2, 0.25) is 0 Å². The molecule has 2 rings (SSSR count). The predicted octanol–water partition coefficient (Wildman–Crippen LogP) is 3.30. The Bertz CT molecular complexity index is 595. The van der Waals surface area contributed by atoms with E-state index in [1.54, 1.807) is 0 Å². The number of rotatable bonds is 4. The van der Waals surface area contributed by atoms with Gasteiger partial charge in [-0.15, -0.1) is 0 Å². The number of nitrogens with one attached hydrogen (secondary N) is 1. The van der Waals surface area contributed by atoms with E-state index in [0.717, 1.165) is 6.07 Å². The van der Waals surface area contributed by atoms with Crippen molar-refractivity contribution in [2.24, 2.45) is 0 Å². The van der Waals surface area contributed by atoms with E-state index < -0.39 is 11.6 Å². The maximum Gasteiger partial charge on any atom is 0.182 e. The summed E-state index contributed by atoms with van der Waals surface area (Å²) in [5.41, 5.74) is -0.0295. The Morgan fingerprint density at radius 3 is 2.84 bits per heavy atom. The van der Waals surface area contributed by atoms with Crippen molar-refractivity contribution in [3.8, 4) is 0 Å². The smallest absolute Gasteiger partial charge is 0.182 e. The van der Waals surface area contributed by atoms with Gasteiger partial charge in [-0.05, 0) is 12.1 Å². The van der Waals surface area contributed by atoms with E-state index >= 15 is 0 Å². The Balaban J connectivity index is 2.30. The topological polar surface area (TPSA) is 47.0 Å². The van der Waals surface area contributed by atoms with Gasteiger partial charge in [0.25, 0.3) is 0 Å². The molecule has 1 N–H and O–H groups in total. The maximum absolute atomic E-state index is 13.5. The van der Waals surface area contributed by atoms with E-state index in [-0.39, 0.29) is 23.3 Å². The number of halogens is 3. The summed E-state index contributed by atoms with van der Waals surface area (Å²) in [4.78, 5) is 8.00. The van der Waals surface area contributed by atoms with Gasteiger partial charge in [0, 0.05) is 13.2 Å². The average molecular weight is 286 g/mol. The van der Waals surface area contributed by atoms with Gasteiger partial charge in [-0.25, -0.2) is 18.7 Å². The van der Waals surface area contributed by atoms with Crippen LogP contribution in [0.2, 0.25) is 5.15 Å². The van der Waals surface area contributed by atoms with E-state index in [1.807, 2.05) is 0 Å². The van der Waals surface area contributed by atoms with Crippen molar-refractivity contribution in [1.29, 1.82) is 0 Å². The minimum atomic E-state index is -0.981. The second-order valence-corrected chi connectivity index (χ2v) is 4.04. The largest absolute Gasteiger partial charge is 0.377 e. The molecular weight excluding hydrogens is 276 g/mol. The van der Waals surface area contributed by atoms with Crippen LogP contribution in [-0.4, -0.2) is 17.1 Å². The molecule has 4 nitrogen and oxygen atoms in total. The first kappa shape index (κ1) is 13.6. The van der Waals surface area contributed by atoms with Crippen LogP contribution in [0.1, 0.15) is 5.82 Å². The first-order valence-electron chi connectivity index (χ1n) is 5.33. The minimum absolute atomic E-state index is 0.0295. The number of hydrogen-bond donors (Lipinski definition) is 1. The van der Waals surface area contributed by atoms with Crippen molar-refractivity contribution in [2.75, 3.05) is 12.4 Å². The van der Waals surface area contributed by atoms with Crippen molar-refractivity contribution in [3.63, 3.8) is 0 Å². The number of ether oxygens (including phenoxy) is 1. The molecular formula is C12H10ClF2N3O. The summed E-state index contributed by atoms with van der Waals surface area (Å²) in [6.07, 6.45) is 0. The third-order valence-electron chi connectivity index (χ3n) is 2.23. The van der Waals surface area contributed by atoms with Crippen LogP contribution >= 0.6 is 11.6 Å². The predicted molar refractivity (Wildman–Crippen MR) is 67.4 cm³/mol. The molecule has 2 aromatic rings. The molecule has 0 amide bonds. The molecule has 0 aliphatic rings. The van der Waals surface area contributed by atoms with Crippen LogP contribution in [0.25, 0.3) is 0 Å². The van der Waals surface area contributed by atoms with E-state index in [1.165, 1.54) is 25.3 Å². The molecule has 0 aliphatic heterocycles. The lowest BCUT2D eigenvalue weighted by molar-refractivity contribution is 0.178. The summed E-state index contributed by atoms with van der Waals surface area (Å²) in [5, 5.41) is 2.83. The zero-order chi connectivity index (χ0) is 13.8. The molecule has 0 spiro atoms. The van der Waals surface area contributed by atoms with Crippen molar-refractivity contribution >= 4 is 23.1 Å². The van der Waals surface area contributed by atoms with E-state index in [9.17, 15) is 8.78 Å². The maximum atomic E-state index is 13.5. The number of benzene rings is 1. The van der Waals surface area contributed by atoms with Gasteiger partial charge in [-0.1, -0.05) is 17.7 Å². The Hall–Kier alpha value is -1.79. The molecule has 1 aromatic carbocycles. The quantitative estimate of drug-likeness (QED) is 0.876. The van der Waals surface area contributed by atoms with Gasteiger partial charge in [-0.3, -0.25) is 0 Å². The van der Waals surface area contributed by atoms with E-state index in [4.69, 9.17) is 16.3 Å². The van der Waals surface area contributed by atoms with Gasteiger partial charge in [0.15, 0.2) is 17.5 Å². The molecule has 19 heavy (non-hydrogen) atoms. The molecule has 0 radical (unpaired) electrons. The highest BCUT2D eigenvalue weighted by molar-refractivity contribution is 6.29. The van der Waals surface area contributed by atoms with Crippen LogP contribution in [0.4, 0.5) is 20.3 Å². The average Bonchev–Trinajstić information content (AvgIpc) is 2.35. The second kappa shape index (κ2) is 5.90. The number of hydrogen-bond acceptors (Lipinski definition) is 4. The van der Waals surface area contributed by atoms with Gasteiger partial charge in [0.05, 0.1) is 5.69 Å². The zero-order valence-electron chi connectivity index (χ0n) is 9.95. The highest BCUT2D eigenvalue weighted by Crippen LogP contribution is 2.22. The summed E-state index contributed by atoms with van der Waals surface area (Å²) >= 11 is 5.81. The standard InChI is InChI=1S/C12H10ClF2N3O/c1-19-6-11-17-9(13)5-10(18-11)16-8-4-2-3-7(14)12(8)15/h2-5H,6H2,1H3,(H,16,17,18). The first-order chi connectivity index (χ1) is 9.10. The van der Waals surface area contributed by atoms with E-state index in [2.05, 4.69) is 15.3 Å². The Labute approximate surface area is 113 Å². The molecule has 0 atom stereocenters. The lowest BCUT2D eigenvalue weighted by Gasteiger charge is -2.08. The summed E-state index contributed by atoms with van der Waals surface area (Å²) < 4.78 is 31.5. The fraction of sp³-hybridized carbons (Fsp3) is 0.167. The lowest BCUT2D eigenvalue weighted by Crippen LogP contribution is -2.03. The molecule has 0 saturated carbocycles. The summed E-state index contributed by atoms with van der Waals surface area (Å²) in [7, 11) is 1.49.